The standard InChI is InChI=1S/C39H46F2N12O2S/c1-23(2)55-35-33(25-18-44-45-19-25)43-22-53-37(35)47-38(49-53)46-30-12-10-27(17-29(30)40)56(54)26-9-7-8-24(16-26)20-52-15-14-51(21-39(52,3)4)31-13-11-28-34(32(31)41)50(6)48-36(28)42-5/h9,11-13,16-19,22-23,27H,7-8,10,14-15,20-21H2,1-6H3,(H,42,48)(H,44,45)(H,46,49). The molecule has 0 amide bonds. The van der Waals surface area contributed by atoms with E-state index in [1.807, 2.05) is 38.1 Å². The minimum Gasteiger partial charge on any atom is -0.485 e. The van der Waals surface area contributed by atoms with Crippen molar-refractivity contribution >= 4 is 44.8 Å². The Labute approximate surface area is 325 Å². The zero-order chi connectivity index (χ0) is 39.3. The van der Waals surface area contributed by atoms with E-state index in [2.05, 4.69) is 64.6 Å². The number of fused-ring (bicyclic) bond motifs is 2. The second-order valence-electron chi connectivity index (χ2n) is 15.2. The van der Waals surface area contributed by atoms with Gasteiger partial charge in [-0.1, -0.05) is 17.7 Å². The fourth-order valence-electron chi connectivity index (χ4n) is 7.70. The third kappa shape index (κ3) is 7.09. The predicted molar refractivity (Wildman–Crippen MR) is 215 cm³/mol. The molecule has 294 valence electrons. The number of hydrogen-bond donors (Lipinski definition) is 3. The average Bonchev–Trinajstić information content (AvgIpc) is 3.93. The first-order chi connectivity index (χ1) is 26.9. The highest BCUT2D eigenvalue weighted by Crippen LogP contribution is 2.36. The van der Waals surface area contributed by atoms with Crippen LogP contribution in [-0.2, 0) is 17.8 Å². The molecule has 5 aromatic rings. The van der Waals surface area contributed by atoms with Crippen molar-refractivity contribution in [1.82, 2.24) is 44.5 Å². The number of piperazine rings is 1. The smallest absolute Gasteiger partial charge is 0.247 e. The Bertz CT molecular complexity index is 2450. The van der Waals surface area contributed by atoms with Gasteiger partial charge in [-0.05, 0) is 71.2 Å². The largest absolute Gasteiger partial charge is 0.485 e. The van der Waals surface area contributed by atoms with Crippen LogP contribution in [0.1, 0.15) is 47.0 Å². The molecule has 0 radical (unpaired) electrons. The Morgan fingerprint density at radius 1 is 1.16 bits per heavy atom. The number of rotatable bonds is 11. The van der Waals surface area contributed by atoms with Crippen LogP contribution in [0.4, 0.5) is 26.2 Å². The van der Waals surface area contributed by atoms with Crippen molar-refractivity contribution < 1.29 is 17.7 Å². The maximum atomic E-state index is 15.9. The van der Waals surface area contributed by atoms with Gasteiger partial charge in [-0.2, -0.15) is 19.7 Å². The highest BCUT2D eigenvalue weighted by atomic mass is 32.2. The fourth-order valence-corrected chi connectivity index (χ4v) is 9.13. The van der Waals surface area contributed by atoms with Crippen molar-refractivity contribution in [3.63, 3.8) is 0 Å². The monoisotopic (exact) mass is 784 g/mol. The maximum Gasteiger partial charge on any atom is 0.247 e. The van der Waals surface area contributed by atoms with Crippen molar-refractivity contribution in [1.29, 1.82) is 0 Å². The lowest BCUT2D eigenvalue weighted by molar-refractivity contribution is 0.115. The predicted octanol–water partition coefficient (Wildman–Crippen LogP) is 6.24. The Kier molecular flexibility index (Phi) is 9.99. The lowest BCUT2D eigenvalue weighted by atomic mass is 9.95. The quantitative estimate of drug-likeness (QED) is 0.140. The zero-order valence-electron chi connectivity index (χ0n) is 32.3. The van der Waals surface area contributed by atoms with Crippen molar-refractivity contribution in [2.45, 2.75) is 63.9 Å². The van der Waals surface area contributed by atoms with E-state index in [0.717, 1.165) is 35.2 Å². The molecule has 0 spiro atoms. The van der Waals surface area contributed by atoms with Gasteiger partial charge in [-0.3, -0.25) is 18.9 Å². The van der Waals surface area contributed by atoms with Gasteiger partial charge in [0.1, 0.15) is 23.4 Å². The van der Waals surface area contributed by atoms with Crippen molar-refractivity contribution in [3.8, 4) is 17.0 Å². The SMILES string of the molecule is CNc1nn(C)c2c(F)c(N3CCN(CC4=CC(S(=O)C5C=C(F)C(Nc6nc7c(OC(C)C)c(-c8cn[nH]c8)ncn7n6)=CC5)=CCC4)C(C)(C)C3)ccc12. The van der Waals surface area contributed by atoms with Crippen LogP contribution in [0.15, 0.2) is 77.2 Å². The van der Waals surface area contributed by atoms with E-state index in [1.54, 1.807) is 37.2 Å². The molecular formula is C39H46F2N12O2S. The Hall–Kier alpha value is -5.42. The number of H-pyrrole nitrogens is 1. The van der Waals surface area contributed by atoms with Gasteiger partial charge in [-0.15, -0.1) is 5.10 Å². The Morgan fingerprint density at radius 3 is 2.73 bits per heavy atom. The number of anilines is 3. The number of halogens is 2. The summed E-state index contributed by atoms with van der Waals surface area (Å²) in [6.07, 6.45) is 13.9. The third-order valence-corrected chi connectivity index (χ3v) is 12.1. The molecule has 17 heteroatoms. The molecular weight excluding hydrogens is 739 g/mol. The maximum absolute atomic E-state index is 15.9. The molecule has 8 rings (SSSR count). The first-order valence-electron chi connectivity index (χ1n) is 18.8. The van der Waals surface area contributed by atoms with Gasteiger partial charge in [0.05, 0.1) is 39.7 Å². The average molecular weight is 785 g/mol. The molecule has 1 saturated heterocycles. The molecule has 2 aliphatic carbocycles. The fraction of sp³-hybridized carbons (Fsp3) is 0.410. The highest BCUT2D eigenvalue weighted by Gasteiger charge is 2.36. The van der Waals surface area contributed by atoms with E-state index in [1.165, 1.54) is 22.5 Å². The molecule has 0 bridgehead atoms. The summed E-state index contributed by atoms with van der Waals surface area (Å²) in [6.45, 7) is 10.9. The van der Waals surface area contributed by atoms with Gasteiger partial charge >= 0.3 is 0 Å². The second kappa shape index (κ2) is 14.9. The molecule has 3 aliphatic rings. The van der Waals surface area contributed by atoms with Crippen LogP contribution in [0.2, 0.25) is 0 Å². The number of nitrogens with one attached hydrogen (secondary N) is 3. The van der Waals surface area contributed by atoms with Crippen LogP contribution in [0, 0.1) is 5.82 Å². The summed E-state index contributed by atoms with van der Waals surface area (Å²) >= 11 is 0. The lowest BCUT2D eigenvalue weighted by Gasteiger charge is -2.48. The summed E-state index contributed by atoms with van der Waals surface area (Å²) < 4.78 is 54.6. The van der Waals surface area contributed by atoms with Gasteiger partial charge in [-0.25, -0.2) is 13.8 Å². The molecule has 1 fully saturated rings. The summed E-state index contributed by atoms with van der Waals surface area (Å²) in [5, 5.41) is 22.0. The molecule has 0 saturated carbocycles. The number of aromatic nitrogens is 8. The second-order valence-corrected chi connectivity index (χ2v) is 16.9. The van der Waals surface area contributed by atoms with E-state index in [0.29, 0.717) is 60.2 Å². The molecule has 4 aromatic heterocycles. The summed E-state index contributed by atoms with van der Waals surface area (Å²) in [6, 6.07) is 3.78. The molecule has 14 nitrogen and oxygen atoms in total. The summed E-state index contributed by atoms with van der Waals surface area (Å²) in [5.74, 6) is 0.473. The number of nitrogens with zero attached hydrogens (tertiary/aromatic N) is 9. The first kappa shape index (κ1) is 37.5. The van der Waals surface area contributed by atoms with Gasteiger partial charge in [0.15, 0.2) is 17.4 Å². The minimum absolute atomic E-state index is 0.159. The summed E-state index contributed by atoms with van der Waals surface area (Å²) in [5.41, 5.74) is 3.90. The molecule has 3 N–H and O–H groups in total. The normalized spacial score (nSPS) is 19.5. The van der Waals surface area contributed by atoms with Gasteiger partial charge < -0.3 is 20.3 Å². The Balaban J connectivity index is 0.920. The van der Waals surface area contributed by atoms with E-state index < -0.39 is 21.9 Å². The van der Waals surface area contributed by atoms with E-state index >= 15 is 8.78 Å². The number of aromatic amines is 1. The topological polar surface area (TPSA) is 146 Å². The van der Waals surface area contributed by atoms with Crippen molar-refractivity contribution in [2.75, 3.05) is 48.8 Å². The van der Waals surface area contributed by atoms with Crippen LogP contribution in [-0.4, -0.2) is 98.8 Å². The summed E-state index contributed by atoms with van der Waals surface area (Å²) in [7, 11) is 2.09. The minimum atomic E-state index is -1.46. The summed E-state index contributed by atoms with van der Waals surface area (Å²) in [4.78, 5) is 14.4. The first-order valence-corrected chi connectivity index (χ1v) is 20.0. The Morgan fingerprint density at radius 2 is 2.00 bits per heavy atom. The van der Waals surface area contributed by atoms with Crippen molar-refractivity contribution in [2.24, 2.45) is 7.05 Å². The zero-order valence-corrected chi connectivity index (χ0v) is 33.1. The van der Waals surface area contributed by atoms with Crippen LogP contribution < -0.4 is 20.3 Å². The third-order valence-electron chi connectivity index (χ3n) is 10.5. The number of allylic oxidation sites excluding steroid dienone is 4. The molecule has 1 aliphatic heterocycles. The van der Waals surface area contributed by atoms with Gasteiger partial charge in [0.25, 0.3) is 0 Å². The number of ether oxygens (including phenoxy) is 1. The molecule has 2 unspecified atom stereocenters. The lowest BCUT2D eigenvalue weighted by Crippen LogP contribution is -2.59. The highest BCUT2D eigenvalue weighted by molar-refractivity contribution is 7.90. The van der Waals surface area contributed by atoms with Crippen LogP contribution in [0.3, 0.4) is 0 Å². The molecule has 1 aromatic carbocycles. The number of hydrogen-bond acceptors (Lipinski definition) is 11. The van der Waals surface area contributed by atoms with Gasteiger partial charge in [0.2, 0.25) is 11.6 Å². The van der Waals surface area contributed by atoms with Crippen LogP contribution in [0.25, 0.3) is 27.8 Å². The molecule has 56 heavy (non-hydrogen) atoms. The van der Waals surface area contributed by atoms with E-state index in [9.17, 15) is 4.21 Å². The van der Waals surface area contributed by atoms with Crippen LogP contribution in [0.5, 0.6) is 5.75 Å². The number of aryl methyl sites for hydroxylation is 1. The van der Waals surface area contributed by atoms with E-state index in [4.69, 9.17) is 4.74 Å². The van der Waals surface area contributed by atoms with Crippen LogP contribution >= 0.6 is 0 Å². The molecule has 5 heterocycles. The number of benzene rings is 1. The van der Waals surface area contributed by atoms with Gasteiger partial charge in [0, 0.05) is 67.9 Å². The van der Waals surface area contributed by atoms with Crippen molar-refractivity contribution in [3.05, 3.63) is 83.0 Å². The molecule has 2 atom stereocenters. The van der Waals surface area contributed by atoms with E-state index in [-0.39, 0.29) is 29.1 Å².